The van der Waals surface area contributed by atoms with E-state index in [2.05, 4.69) is 21.1 Å². The molecule has 0 aliphatic carbocycles. The lowest BCUT2D eigenvalue weighted by molar-refractivity contribution is 0.0674. The number of aromatic nitrogens is 4. The number of amides is 1. The third-order valence-corrected chi connectivity index (χ3v) is 4.76. The van der Waals surface area contributed by atoms with Gasteiger partial charge in [-0.15, -0.1) is 0 Å². The number of hydrogen-bond donors (Lipinski definition) is 0. The van der Waals surface area contributed by atoms with E-state index in [1.165, 1.54) is 0 Å². The van der Waals surface area contributed by atoms with Crippen molar-refractivity contribution in [2.24, 2.45) is 5.92 Å². The van der Waals surface area contributed by atoms with E-state index in [0.717, 1.165) is 43.7 Å². The SMILES string of the molecule is Cc1cccc(CC2CCCN(C(=O)c3cnn4cccnc34)C2)n1. The number of nitrogens with zero attached hydrogens (tertiary/aromatic N) is 5. The summed E-state index contributed by atoms with van der Waals surface area (Å²) in [6.07, 6.45) is 8.19. The van der Waals surface area contributed by atoms with Crippen molar-refractivity contribution in [3.8, 4) is 0 Å². The Morgan fingerprint density at radius 2 is 2.24 bits per heavy atom. The topological polar surface area (TPSA) is 63.4 Å². The third-order valence-electron chi connectivity index (χ3n) is 4.76. The number of likely N-dealkylation sites (tertiary alicyclic amines) is 1. The summed E-state index contributed by atoms with van der Waals surface area (Å²) in [7, 11) is 0. The number of pyridine rings is 1. The monoisotopic (exact) mass is 335 g/mol. The van der Waals surface area contributed by atoms with Gasteiger partial charge in [0.05, 0.1) is 6.20 Å². The van der Waals surface area contributed by atoms with Crippen LogP contribution in [0.4, 0.5) is 0 Å². The van der Waals surface area contributed by atoms with Crippen LogP contribution in [0.5, 0.6) is 0 Å². The van der Waals surface area contributed by atoms with Crippen LogP contribution in [0, 0.1) is 12.8 Å². The zero-order valence-corrected chi connectivity index (χ0v) is 14.3. The Labute approximate surface area is 146 Å². The summed E-state index contributed by atoms with van der Waals surface area (Å²) >= 11 is 0. The molecule has 128 valence electrons. The van der Waals surface area contributed by atoms with Crippen LogP contribution in [0.15, 0.2) is 42.9 Å². The minimum absolute atomic E-state index is 0.0237. The second kappa shape index (κ2) is 6.63. The van der Waals surface area contributed by atoms with Crippen molar-refractivity contribution < 1.29 is 4.79 Å². The highest BCUT2D eigenvalue weighted by atomic mass is 16.2. The predicted molar refractivity (Wildman–Crippen MR) is 94.3 cm³/mol. The van der Waals surface area contributed by atoms with Crippen LogP contribution in [0.1, 0.15) is 34.6 Å². The molecule has 1 atom stereocenters. The number of piperidine rings is 1. The molecule has 0 saturated carbocycles. The normalized spacial score (nSPS) is 17.8. The molecule has 0 bridgehead atoms. The average molecular weight is 335 g/mol. The quantitative estimate of drug-likeness (QED) is 0.738. The molecule has 3 aromatic rings. The first-order chi connectivity index (χ1) is 12.2. The van der Waals surface area contributed by atoms with E-state index >= 15 is 0 Å². The van der Waals surface area contributed by atoms with Crippen molar-refractivity contribution >= 4 is 11.6 Å². The molecule has 1 fully saturated rings. The molecule has 6 heteroatoms. The lowest BCUT2D eigenvalue weighted by Gasteiger charge is -2.32. The smallest absolute Gasteiger partial charge is 0.259 e. The number of fused-ring (bicyclic) bond motifs is 1. The van der Waals surface area contributed by atoms with Gasteiger partial charge in [-0.2, -0.15) is 5.10 Å². The van der Waals surface area contributed by atoms with Gasteiger partial charge in [-0.3, -0.25) is 9.78 Å². The van der Waals surface area contributed by atoms with Gasteiger partial charge in [0, 0.05) is 36.9 Å². The van der Waals surface area contributed by atoms with Gasteiger partial charge >= 0.3 is 0 Å². The molecule has 6 nitrogen and oxygen atoms in total. The first kappa shape index (κ1) is 15.7. The zero-order valence-electron chi connectivity index (χ0n) is 14.3. The van der Waals surface area contributed by atoms with Crippen LogP contribution in [0.2, 0.25) is 0 Å². The number of carbonyl (C=O) groups excluding carboxylic acids is 1. The average Bonchev–Trinajstić information content (AvgIpc) is 3.05. The van der Waals surface area contributed by atoms with Gasteiger partial charge in [-0.1, -0.05) is 6.07 Å². The first-order valence-electron chi connectivity index (χ1n) is 8.71. The maximum absolute atomic E-state index is 12.9. The molecule has 0 N–H and O–H groups in total. The summed E-state index contributed by atoms with van der Waals surface area (Å²) in [5.41, 5.74) is 3.35. The Kier molecular flexibility index (Phi) is 4.17. The van der Waals surface area contributed by atoms with E-state index in [0.29, 0.717) is 17.1 Å². The lowest BCUT2D eigenvalue weighted by Crippen LogP contribution is -2.40. The third kappa shape index (κ3) is 3.24. The highest BCUT2D eigenvalue weighted by Gasteiger charge is 2.27. The lowest BCUT2D eigenvalue weighted by atomic mass is 9.92. The van der Waals surface area contributed by atoms with E-state index in [9.17, 15) is 4.79 Å². The molecule has 1 aliphatic rings. The largest absolute Gasteiger partial charge is 0.338 e. The second-order valence-corrected chi connectivity index (χ2v) is 6.68. The summed E-state index contributed by atoms with van der Waals surface area (Å²) in [5, 5.41) is 4.23. The van der Waals surface area contributed by atoms with Crippen LogP contribution in [-0.4, -0.2) is 43.5 Å². The van der Waals surface area contributed by atoms with Gasteiger partial charge in [0.2, 0.25) is 0 Å². The molecule has 1 saturated heterocycles. The minimum atomic E-state index is 0.0237. The standard InChI is InChI=1S/C19H21N5O/c1-14-5-2-7-16(22-14)11-15-6-3-9-23(13-15)19(25)17-12-21-24-10-4-8-20-18(17)24/h2,4-5,7-8,10,12,15H,3,6,9,11,13H2,1H3. The number of aryl methyl sites for hydroxylation is 1. The molecule has 1 amide bonds. The molecule has 4 rings (SSSR count). The summed E-state index contributed by atoms with van der Waals surface area (Å²) in [4.78, 5) is 23.8. The fraction of sp³-hybridized carbons (Fsp3) is 0.368. The molecule has 0 spiro atoms. The Bertz CT molecular complexity index is 903. The fourth-order valence-electron chi connectivity index (χ4n) is 3.57. The Hall–Kier alpha value is -2.76. The summed E-state index contributed by atoms with van der Waals surface area (Å²) in [6.45, 7) is 3.57. The summed E-state index contributed by atoms with van der Waals surface area (Å²) in [6, 6.07) is 7.94. The van der Waals surface area contributed by atoms with Crippen molar-refractivity contribution in [3.05, 3.63) is 59.8 Å². The van der Waals surface area contributed by atoms with Crippen LogP contribution in [-0.2, 0) is 6.42 Å². The highest BCUT2D eigenvalue weighted by molar-refractivity contribution is 5.99. The van der Waals surface area contributed by atoms with Crippen molar-refractivity contribution in [2.45, 2.75) is 26.2 Å². The molecule has 25 heavy (non-hydrogen) atoms. The van der Waals surface area contributed by atoms with Crippen LogP contribution >= 0.6 is 0 Å². The summed E-state index contributed by atoms with van der Waals surface area (Å²) < 4.78 is 1.64. The van der Waals surface area contributed by atoms with Crippen molar-refractivity contribution in [3.63, 3.8) is 0 Å². The molecule has 0 aromatic carbocycles. The maximum Gasteiger partial charge on any atom is 0.259 e. The van der Waals surface area contributed by atoms with Crippen LogP contribution < -0.4 is 0 Å². The number of rotatable bonds is 3. The van der Waals surface area contributed by atoms with E-state index in [4.69, 9.17) is 0 Å². The van der Waals surface area contributed by atoms with E-state index in [1.54, 1.807) is 23.0 Å². The molecule has 4 heterocycles. The van der Waals surface area contributed by atoms with Crippen LogP contribution in [0.25, 0.3) is 5.65 Å². The number of carbonyl (C=O) groups is 1. The van der Waals surface area contributed by atoms with Gasteiger partial charge < -0.3 is 4.90 Å². The second-order valence-electron chi connectivity index (χ2n) is 6.68. The predicted octanol–water partition coefficient (Wildman–Crippen LogP) is 2.53. The minimum Gasteiger partial charge on any atom is -0.338 e. The zero-order chi connectivity index (χ0) is 17.2. The highest BCUT2D eigenvalue weighted by Crippen LogP contribution is 2.22. The Morgan fingerprint density at radius 1 is 1.32 bits per heavy atom. The van der Waals surface area contributed by atoms with Gasteiger partial charge in [-0.25, -0.2) is 9.50 Å². The van der Waals surface area contributed by atoms with E-state index in [1.807, 2.05) is 30.2 Å². The molecule has 1 unspecified atom stereocenters. The first-order valence-corrected chi connectivity index (χ1v) is 8.71. The Balaban J connectivity index is 1.50. The Morgan fingerprint density at radius 3 is 3.12 bits per heavy atom. The van der Waals surface area contributed by atoms with Crippen molar-refractivity contribution in [1.82, 2.24) is 24.5 Å². The molecule has 0 radical (unpaired) electrons. The molecular weight excluding hydrogens is 314 g/mol. The van der Waals surface area contributed by atoms with Gasteiger partial charge in [0.1, 0.15) is 5.56 Å². The summed E-state index contributed by atoms with van der Waals surface area (Å²) in [5.74, 6) is 0.470. The molecule has 1 aliphatic heterocycles. The van der Waals surface area contributed by atoms with Crippen molar-refractivity contribution in [1.29, 1.82) is 0 Å². The van der Waals surface area contributed by atoms with E-state index < -0.39 is 0 Å². The fourth-order valence-corrected chi connectivity index (χ4v) is 3.57. The van der Waals surface area contributed by atoms with E-state index in [-0.39, 0.29) is 5.91 Å². The molecule has 3 aromatic heterocycles. The van der Waals surface area contributed by atoms with Crippen LogP contribution in [0.3, 0.4) is 0 Å². The maximum atomic E-state index is 12.9. The van der Waals surface area contributed by atoms with Gasteiger partial charge in [-0.05, 0) is 50.3 Å². The molecular formula is C19H21N5O. The van der Waals surface area contributed by atoms with Gasteiger partial charge in [0.25, 0.3) is 5.91 Å². The number of hydrogen-bond acceptors (Lipinski definition) is 4. The van der Waals surface area contributed by atoms with Gasteiger partial charge in [0.15, 0.2) is 5.65 Å². The van der Waals surface area contributed by atoms with Crippen molar-refractivity contribution in [2.75, 3.05) is 13.1 Å².